The molecular formula is C26H27F3N4O2S. The van der Waals surface area contributed by atoms with Gasteiger partial charge in [-0.15, -0.1) is 11.3 Å². The highest BCUT2D eigenvalue weighted by Gasteiger charge is 2.33. The molecule has 2 heterocycles. The van der Waals surface area contributed by atoms with Crippen LogP contribution in [0.1, 0.15) is 22.6 Å². The lowest BCUT2D eigenvalue weighted by atomic mass is 10.1. The van der Waals surface area contributed by atoms with Crippen molar-refractivity contribution in [2.24, 2.45) is 0 Å². The van der Waals surface area contributed by atoms with Crippen molar-refractivity contribution in [3.63, 3.8) is 0 Å². The van der Waals surface area contributed by atoms with Crippen molar-refractivity contribution in [1.82, 2.24) is 14.8 Å². The van der Waals surface area contributed by atoms with Gasteiger partial charge in [0.25, 0.3) is 0 Å². The monoisotopic (exact) mass is 516 g/mol. The molecule has 190 valence electrons. The number of carbonyl (C=O) groups is 2. The van der Waals surface area contributed by atoms with Gasteiger partial charge < -0.3 is 10.2 Å². The second-order valence-corrected chi connectivity index (χ2v) is 9.87. The lowest BCUT2D eigenvalue weighted by Gasteiger charge is -2.22. The molecule has 0 atom stereocenters. The highest BCUT2D eigenvalue weighted by molar-refractivity contribution is 7.15. The molecule has 0 radical (unpaired) electrons. The summed E-state index contributed by atoms with van der Waals surface area (Å²) in [5.41, 5.74) is 0.660. The Kier molecular flexibility index (Phi) is 8.05. The number of hydrogen-bond donors (Lipinski definition) is 1. The Morgan fingerprint density at radius 3 is 2.47 bits per heavy atom. The van der Waals surface area contributed by atoms with E-state index in [-0.39, 0.29) is 24.6 Å². The van der Waals surface area contributed by atoms with E-state index in [1.54, 1.807) is 16.2 Å². The molecule has 0 unspecified atom stereocenters. The Bertz CT molecular complexity index is 1210. The van der Waals surface area contributed by atoms with Gasteiger partial charge in [0.15, 0.2) is 0 Å². The van der Waals surface area contributed by atoms with Crippen LogP contribution in [0.15, 0.2) is 54.6 Å². The molecule has 2 aromatic carbocycles. The van der Waals surface area contributed by atoms with E-state index < -0.39 is 17.6 Å². The molecular weight excluding hydrogens is 489 g/mol. The normalized spacial score (nSPS) is 14.9. The molecule has 1 aromatic heterocycles. The van der Waals surface area contributed by atoms with Gasteiger partial charge in [0, 0.05) is 36.6 Å². The molecule has 6 nitrogen and oxygen atoms in total. The molecule has 2 amide bonds. The number of benzene rings is 2. The zero-order valence-electron chi connectivity index (χ0n) is 19.8. The fourth-order valence-corrected chi connectivity index (χ4v) is 5.10. The number of alkyl halides is 3. The summed E-state index contributed by atoms with van der Waals surface area (Å²) in [6, 6.07) is 14.8. The maximum absolute atomic E-state index is 13.2. The maximum atomic E-state index is 13.2. The van der Waals surface area contributed by atoms with Gasteiger partial charge in [0.05, 0.1) is 29.9 Å². The molecule has 0 spiro atoms. The lowest BCUT2D eigenvalue weighted by molar-refractivity contribution is -0.137. The summed E-state index contributed by atoms with van der Waals surface area (Å²) in [5, 5.41) is 3.27. The van der Waals surface area contributed by atoms with E-state index in [1.165, 1.54) is 18.2 Å². The van der Waals surface area contributed by atoms with Crippen molar-refractivity contribution in [3.05, 3.63) is 70.7 Å². The number of nitrogens with zero attached hydrogens (tertiary/aromatic N) is 3. The van der Waals surface area contributed by atoms with Crippen LogP contribution in [0.4, 0.5) is 18.9 Å². The summed E-state index contributed by atoms with van der Waals surface area (Å²) in [5.74, 6) is -0.536. The quantitative estimate of drug-likeness (QED) is 0.509. The van der Waals surface area contributed by atoms with Crippen LogP contribution >= 0.6 is 11.3 Å². The van der Waals surface area contributed by atoms with Gasteiger partial charge >= 0.3 is 6.18 Å². The molecule has 0 bridgehead atoms. The topological polar surface area (TPSA) is 65.5 Å². The van der Waals surface area contributed by atoms with Gasteiger partial charge in [-0.3, -0.25) is 14.5 Å². The van der Waals surface area contributed by atoms with Crippen LogP contribution in [0, 0.1) is 6.92 Å². The molecule has 0 saturated carbocycles. The first-order valence-corrected chi connectivity index (χ1v) is 12.5. The molecule has 1 N–H and O–H groups in total. The second kappa shape index (κ2) is 11.2. The van der Waals surface area contributed by atoms with Gasteiger partial charge in [0.2, 0.25) is 11.8 Å². The number of hydrogen-bond acceptors (Lipinski definition) is 5. The van der Waals surface area contributed by atoms with Crippen molar-refractivity contribution in [1.29, 1.82) is 0 Å². The van der Waals surface area contributed by atoms with Crippen molar-refractivity contribution < 1.29 is 22.8 Å². The second-order valence-electron chi connectivity index (χ2n) is 8.67. The average molecular weight is 517 g/mol. The molecule has 1 aliphatic heterocycles. The van der Waals surface area contributed by atoms with Crippen molar-refractivity contribution in [2.45, 2.75) is 25.9 Å². The molecule has 3 aromatic rings. The molecule has 1 aliphatic rings. The summed E-state index contributed by atoms with van der Waals surface area (Å²) in [6.07, 6.45) is -3.67. The van der Waals surface area contributed by atoms with Crippen LogP contribution in [0.2, 0.25) is 0 Å². The van der Waals surface area contributed by atoms with Crippen LogP contribution in [0.3, 0.4) is 0 Å². The first-order chi connectivity index (χ1) is 17.2. The van der Waals surface area contributed by atoms with Crippen LogP contribution in [-0.2, 0) is 22.2 Å². The Hall–Kier alpha value is -3.24. The third kappa shape index (κ3) is 6.50. The lowest BCUT2D eigenvalue weighted by Crippen LogP contribution is -2.38. The molecule has 36 heavy (non-hydrogen) atoms. The number of anilines is 1. The summed E-state index contributed by atoms with van der Waals surface area (Å²) >= 11 is 1.57. The van der Waals surface area contributed by atoms with E-state index >= 15 is 0 Å². The number of para-hydroxylation sites is 1. The van der Waals surface area contributed by atoms with Crippen LogP contribution in [-0.4, -0.2) is 59.3 Å². The summed E-state index contributed by atoms with van der Waals surface area (Å²) in [6.45, 7) is 3.96. The first kappa shape index (κ1) is 25.8. The highest BCUT2D eigenvalue weighted by atomic mass is 32.1. The van der Waals surface area contributed by atoms with Crippen molar-refractivity contribution in [3.8, 4) is 10.6 Å². The van der Waals surface area contributed by atoms with Gasteiger partial charge in [0.1, 0.15) is 5.01 Å². The smallest absolute Gasteiger partial charge is 0.341 e. The fourth-order valence-electron chi connectivity index (χ4n) is 4.16. The van der Waals surface area contributed by atoms with Crippen LogP contribution < -0.4 is 5.32 Å². The largest absolute Gasteiger partial charge is 0.418 e. The number of nitrogens with one attached hydrogen (secondary N) is 1. The molecule has 4 rings (SSSR count). The molecule has 10 heteroatoms. The first-order valence-electron chi connectivity index (χ1n) is 11.7. The molecule has 0 aliphatic carbocycles. The minimum Gasteiger partial charge on any atom is -0.341 e. The third-order valence-corrected chi connectivity index (χ3v) is 7.11. The van der Waals surface area contributed by atoms with E-state index in [1.807, 2.05) is 42.2 Å². The third-order valence-electron chi connectivity index (χ3n) is 6.05. The summed E-state index contributed by atoms with van der Waals surface area (Å²) in [4.78, 5) is 34.8. The Morgan fingerprint density at radius 1 is 1.00 bits per heavy atom. The number of aromatic nitrogens is 1. The highest BCUT2D eigenvalue weighted by Crippen LogP contribution is 2.34. The van der Waals surface area contributed by atoms with E-state index in [4.69, 9.17) is 0 Å². The fraction of sp³-hybridized carbons (Fsp3) is 0.346. The van der Waals surface area contributed by atoms with Gasteiger partial charge in [-0.05, 0) is 25.5 Å². The number of aryl methyl sites for hydroxylation is 1. The number of rotatable bonds is 6. The molecule has 1 saturated heterocycles. The Balaban J connectivity index is 1.31. The predicted octanol–water partition coefficient (Wildman–Crippen LogP) is 4.85. The minimum atomic E-state index is -4.55. The van der Waals surface area contributed by atoms with Gasteiger partial charge in [-0.2, -0.15) is 13.2 Å². The predicted molar refractivity (Wildman–Crippen MR) is 134 cm³/mol. The van der Waals surface area contributed by atoms with E-state index in [9.17, 15) is 22.8 Å². The van der Waals surface area contributed by atoms with E-state index in [0.29, 0.717) is 32.6 Å². The zero-order valence-corrected chi connectivity index (χ0v) is 20.7. The summed E-state index contributed by atoms with van der Waals surface area (Å²) in [7, 11) is 0. The van der Waals surface area contributed by atoms with E-state index in [2.05, 4.69) is 10.3 Å². The average Bonchev–Trinajstić information content (AvgIpc) is 3.05. The van der Waals surface area contributed by atoms with Crippen LogP contribution in [0.5, 0.6) is 0 Å². The minimum absolute atomic E-state index is 0.0200. The summed E-state index contributed by atoms with van der Waals surface area (Å²) < 4.78 is 39.6. The van der Waals surface area contributed by atoms with Crippen LogP contribution in [0.25, 0.3) is 10.6 Å². The number of carbonyl (C=O) groups excluding carboxylic acids is 2. The number of thiazole rings is 1. The van der Waals surface area contributed by atoms with Crippen molar-refractivity contribution >= 4 is 28.8 Å². The zero-order chi connectivity index (χ0) is 25.7. The van der Waals surface area contributed by atoms with E-state index in [0.717, 1.165) is 27.2 Å². The van der Waals surface area contributed by atoms with Gasteiger partial charge in [-0.25, -0.2) is 4.98 Å². The maximum Gasteiger partial charge on any atom is 0.418 e. The Morgan fingerprint density at radius 2 is 1.72 bits per heavy atom. The molecule has 1 fully saturated rings. The van der Waals surface area contributed by atoms with Crippen molar-refractivity contribution in [2.75, 3.05) is 38.0 Å². The Labute approximate surface area is 211 Å². The number of amides is 2. The SMILES string of the molecule is Cc1sc(-c2ccccc2)nc1CC(=O)N1CCCN(CC(=O)Nc2ccccc2C(F)(F)F)CC1. The standard InChI is InChI=1S/C26H27F3N4O2S/c1-18-22(31-25(36-18)19-8-3-2-4-9-19)16-24(35)33-13-7-12-32(14-15-33)17-23(34)30-21-11-6-5-10-20(21)26(27,28)29/h2-6,8-11H,7,12-17H2,1H3,(H,30,34). The number of halogens is 3. The van der Waals surface area contributed by atoms with Gasteiger partial charge in [-0.1, -0.05) is 42.5 Å².